The van der Waals surface area contributed by atoms with Crippen molar-refractivity contribution in [1.82, 2.24) is 10.6 Å². The summed E-state index contributed by atoms with van der Waals surface area (Å²) in [5.74, 6) is -0.177. The van der Waals surface area contributed by atoms with Gasteiger partial charge < -0.3 is 20.1 Å². The van der Waals surface area contributed by atoms with Crippen LogP contribution in [0, 0.1) is 0 Å². The first-order valence-electron chi connectivity index (χ1n) is 10.8. The van der Waals surface area contributed by atoms with Gasteiger partial charge in [0.1, 0.15) is 11.4 Å². The van der Waals surface area contributed by atoms with Gasteiger partial charge in [-0.2, -0.15) is 0 Å². The Morgan fingerprint density at radius 3 is 2.48 bits per heavy atom. The summed E-state index contributed by atoms with van der Waals surface area (Å²) in [5, 5.41) is 6.28. The second kappa shape index (κ2) is 10.3. The van der Waals surface area contributed by atoms with Gasteiger partial charge in [0.05, 0.1) is 24.3 Å². The lowest BCUT2D eigenvalue weighted by Crippen LogP contribution is -2.42. The third kappa shape index (κ3) is 6.71. The maximum atomic E-state index is 13.1. The summed E-state index contributed by atoms with van der Waals surface area (Å²) < 4.78 is 11.2. The fourth-order valence-electron chi connectivity index (χ4n) is 3.59. The Morgan fingerprint density at radius 1 is 1.15 bits per heavy atom. The fourth-order valence-corrected chi connectivity index (χ4v) is 3.72. The van der Waals surface area contributed by atoms with Gasteiger partial charge in [-0.25, -0.2) is 4.79 Å². The standard InChI is InChI=1S/C25H29ClN2O5/c1-15(29)21(14-16-8-10-17(26)11-9-16)27-23(30)19-7-5-6-18-20(12-13-32-22(18)19)28-24(31)33-25(2,3)4/h5-11,20-21H,12-14H2,1-4H3,(H,27,30)(H,28,31)/t20?,21-/m0/s1. The number of benzene rings is 2. The quantitative estimate of drug-likeness (QED) is 0.639. The molecule has 2 atom stereocenters. The number of carbonyl (C=O) groups excluding carboxylic acids is 3. The van der Waals surface area contributed by atoms with E-state index in [1.165, 1.54) is 6.92 Å². The van der Waals surface area contributed by atoms with Crippen LogP contribution in [0.25, 0.3) is 0 Å². The Morgan fingerprint density at radius 2 is 1.85 bits per heavy atom. The van der Waals surface area contributed by atoms with Crippen LogP contribution in [0.1, 0.15) is 61.6 Å². The van der Waals surface area contributed by atoms with Gasteiger partial charge in [0.25, 0.3) is 5.91 Å². The molecule has 0 aliphatic carbocycles. The van der Waals surface area contributed by atoms with E-state index in [0.29, 0.717) is 41.3 Å². The molecule has 7 nitrogen and oxygen atoms in total. The van der Waals surface area contributed by atoms with Crippen LogP contribution < -0.4 is 15.4 Å². The molecule has 3 rings (SSSR count). The van der Waals surface area contributed by atoms with E-state index in [2.05, 4.69) is 10.6 Å². The number of Topliss-reactive ketones (excluding diaryl/α,β-unsaturated/α-hetero) is 1. The van der Waals surface area contributed by atoms with Crippen molar-refractivity contribution in [3.05, 3.63) is 64.2 Å². The monoisotopic (exact) mass is 472 g/mol. The number of fused-ring (bicyclic) bond motifs is 1. The minimum absolute atomic E-state index is 0.159. The second-order valence-electron chi connectivity index (χ2n) is 9.03. The molecule has 0 saturated carbocycles. The molecule has 1 aliphatic rings. The van der Waals surface area contributed by atoms with Gasteiger partial charge in [-0.15, -0.1) is 0 Å². The van der Waals surface area contributed by atoms with E-state index in [1.54, 1.807) is 45.0 Å². The SMILES string of the molecule is CC(=O)[C@H](Cc1ccc(Cl)cc1)NC(=O)c1cccc2c1OCCC2NC(=O)OC(C)(C)C. The zero-order chi connectivity index (χ0) is 24.2. The number of nitrogens with one attached hydrogen (secondary N) is 2. The summed E-state index contributed by atoms with van der Waals surface area (Å²) in [4.78, 5) is 37.6. The molecule has 0 spiro atoms. The molecule has 8 heteroatoms. The van der Waals surface area contributed by atoms with Gasteiger partial charge >= 0.3 is 6.09 Å². The highest BCUT2D eigenvalue weighted by atomic mass is 35.5. The predicted octanol–water partition coefficient (Wildman–Crippen LogP) is 4.62. The number of halogens is 1. The first-order valence-corrected chi connectivity index (χ1v) is 11.2. The highest BCUT2D eigenvalue weighted by Crippen LogP contribution is 2.35. The number of para-hydroxylation sites is 1. The topological polar surface area (TPSA) is 93.7 Å². The third-order valence-electron chi connectivity index (χ3n) is 5.16. The number of carbonyl (C=O) groups is 3. The predicted molar refractivity (Wildman–Crippen MR) is 126 cm³/mol. The number of ether oxygens (including phenoxy) is 2. The Bertz CT molecular complexity index is 1030. The van der Waals surface area contributed by atoms with E-state index in [-0.39, 0.29) is 11.8 Å². The van der Waals surface area contributed by atoms with Crippen LogP contribution in [0.4, 0.5) is 4.79 Å². The molecule has 2 N–H and O–H groups in total. The van der Waals surface area contributed by atoms with Gasteiger partial charge in [0.15, 0.2) is 5.78 Å². The van der Waals surface area contributed by atoms with Crippen LogP contribution in [0.15, 0.2) is 42.5 Å². The average Bonchev–Trinajstić information content (AvgIpc) is 2.73. The summed E-state index contributed by atoms with van der Waals surface area (Å²) in [7, 11) is 0. The molecule has 1 unspecified atom stereocenters. The van der Waals surface area contributed by atoms with E-state index in [9.17, 15) is 14.4 Å². The Balaban J connectivity index is 1.77. The van der Waals surface area contributed by atoms with Crippen molar-refractivity contribution in [2.45, 2.75) is 58.2 Å². The molecule has 2 amide bonds. The van der Waals surface area contributed by atoms with Crippen LogP contribution in [0.5, 0.6) is 5.75 Å². The smallest absolute Gasteiger partial charge is 0.408 e. The molecule has 0 aromatic heterocycles. The molecule has 33 heavy (non-hydrogen) atoms. The van der Waals surface area contributed by atoms with Gasteiger partial charge in [-0.1, -0.05) is 35.9 Å². The van der Waals surface area contributed by atoms with Crippen molar-refractivity contribution in [3.63, 3.8) is 0 Å². The van der Waals surface area contributed by atoms with Crippen molar-refractivity contribution in [2.24, 2.45) is 0 Å². The molecule has 0 fully saturated rings. The molecular formula is C25H29ClN2O5. The molecule has 0 saturated heterocycles. The number of hydrogen-bond acceptors (Lipinski definition) is 5. The van der Waals surface area contributed by atoms with E-state index in [0.717, 1.165) is 5.56 Å². The van der Waals surface area contributed by atoms with Crippen molar-refractivity contribution in [1.29, 1.82) is 0 Å². The highest BCUT2D eigenvalue weighted by Gasteiger charge is 2.29. The number of alkyl carbamates (subject to hydrolysis) is 1. The van der Waals surface area contributed by atoms with Crippen molar-refractivity contribution >= 4 is 29.4 Å². The molecule has 2 aromatic rings. The summed E-state index contributed by atoms with van der Waals surface area (Å²) in [6, 6.07) is 11.3. The zero-order valence-electron chi connectivity index (χ0n) is 19.2. The van der Waals surface area contributed by atoms with Crippen molar-refractivity contribution in [3.8, 4) is 5.75 Å². The fraction of sp³-hybridized carbons (Fsp3) is 0.400. The van der Waals surface area contributed by atoms with Gasteiger partial charge in [-0.3, -0.25) is 9.59 Å². The molecular weight excluding hydrogens is 444 g/mol. The zero-order valence-corrected chi connectivity index (χ0v) is 20.0. The van der Waals surface area contributed by atoms with E-state index in [1.807, 2.05) is 18.2 Å². The normalized spacial score (nSPS) is 16.1. The Hall–Kier alpha value is -3.06. The Kier molecular flexibility index (Phi) is 7.64. The maximum Gasteiger partial charge on any atom is 0.408 e. The van der Waals surface area contributed by atoms with E-state index in [4.69, 9.17) is 21.1 Å². The molecule has 1 aliphatic heterocycles. The molecule has 2 aromatic carbocycles. The number of rotatable bonds is 6. The molecule has 0 bridgehead atoms. The number of hydrogen-bond donors (Lipinski definition) is 2. The van der Waals surface area contributed by atoms with Crippen LogP contribution in [-0.4, -0.2) is 36.0 Å². The minimum atomic E-state index is -0.700. The van der Waals surface area contributed by atoms with Gasteiger partial charge in [0, 0.05) is 17.0 Å². The van der Waals surface area contributed by atoms with Gasteiger partial charge in [0.2, 0.25) is 0 Å². The Labute approximate surface area is 198 Å². The number of amides is 2. The van der Waals surface area contributed by atoms with Crippen LogP contribution in [0.3, 0.4) is 0 Å². The van der Waals surface area contributed by atoms with Crippen LogP contribution >= 0.6 is 11.6 Å². The lowest BCUT2D eigenvalue weighted by atomic mass is 9.96. The first-order chi connectivity index (χ1) is 15.5. The molecule has 0 radical (unpaired) electrons. The van der Waals surface area contributed by atoms with E-state index >= 15 is 0 Å². The molecule has 176 valence electrons. The first kappa shape index (κ1) is 24.6. The van der Waals surface area contributed by atoms with E-state index < -0.39 is 23.6 Å². The van der Waals surface area contributed by atoms with Crippen LogP contribution in [-0.2, 0) is 16.0 Å². The maximum absolute atomic E-state index is 13.1. The summed E-state index contributed by atoms with van der Waals surface area (Å²) in [6.45, 7) is 7.16. The van der Waals surface area contributed by atoms with Crippen molar-refractivity contribution in [2.75, 3.05) is 6.61 Å². The minimum Gasteiger partial charge on any atom is -0.492 e. The van der Waals surface area contributed by atoms with Crippen molar-refractivity contribution < 1.29 is 23.9 Å². The van der Waals surface area contributed by atoms with Gasteiger partial charge in [-0.05, 0) is 57.9 Å². The van der Waals surface area contributed by atoms with Crippen LogP contribution in [0.2, 0.25) is 5.02 Å². The second-order valence-corrected chi connectivity index (χ2v) is 9.46. The summed E-state index contributed by atoms with van der Waals surface area (Å²) in [5.41, 5.74) is 1.27. The summed E-state index contributed by atoms with van der Waals surface area (Å²) in [6.07, 6.45) is 0.357. The third-order valence-corrected chi connectivity index (χ3v) is 5.41. The lowest BCUT2D eigenvalue weighted by Gasteiger charge is -2.29. The largest absolute Gasteiger partial charge is 0.492 e. The molecule has 1 heterocycles. The average molecular weight is 473 g/mol. The lowest BCUT2D eigenvalue weighted by molar-refractivity contribution is -0.118. The summed E-state index contributed by atoms with van der Waals surface area (Å²) >= 11 is 5.93. The highest BCUT2D eigenvalue weighted by molar-refractivity contribution is 6.30. The number of ketones is 1.